The number of anilines is 2. The van der Waals surface area contributed by atoms with Crippen molar-refractivity contribution < 1.29 is 22.7 Å². The average Bonchev–Trinajstić information content (AvgIpc) is 3.08. The summed E-state index contributed by atoms with van der Waals surface area (Å²) in [7, 11) is 1.59. The van der Waals surface area contributed by atoms with Crippen LogP contribution in [-0.2, 0) is 22.1 Å². The van der Waals surface area contributed by atoms with E-state index in [1.54, 1.807) is 12.0 Å². The molecule has 0 atom stereocenters. The quantitative estimate of drug-likeness (QED) is 0.782. The highest BCUT2D eigenvalue weighted by atomic mass is 32.1. The molecule has 3 heterocycles. The third-order valence-corrected chi connectivity index (χ3v) is 4.64. The average molecular weight is 387 g/mol. The van der Waals surface area contributed by atoms with Gasteiger partial charge in [-0.3, -0.25) is 9.78 Å². The Morgan fingerprint density at radius 2 is 2.15 bits per heavy atom. The van der Waals surface area contributed by atoms with Gasteiger partial charge in [-0.25, -0.2) is 4.98 Å². The van der Waals surface area contributed by atoms with Gasteiger partial charge in [0.1, 0.15) is 11.5 Å². The molecule has 0 N–H and O–H groups in total. The molecule has 26 heavy (non-hydrogen) atoms. The van der Waals surface area contributed by atoms with E-state index in [0.717, 1.165) is 12.3 Å². The summed E-state index contributed by atoms with van der Waals surface area (Å²) in [4.78, 5) is 23.2. The van der Waals surface area contributed by atoms with Crippen molar-refractivity contribution in [2.45, 2.75) is 12.6 Å². The molecule has 0 unspecified atom stereocenters. The maximum atomic E-state index is 12.8. The number of hydrogen-bond donors (Lipinski definition) is 0. The maximum Gasteiger partial charge on any atom is 0.433 e. The van der Waals surface area contributed by atoms with Gasteiger partial charge in [0.2, 0.25) is 11.0 Å². The molecule has 11 heteroatoms. The Morgan fingerprint density at radius 3 is 2.85 bits per heavy atom. The summed E-state index contributed by atoms with van der Waals surface area (Å²) in [6.45, 7) is 1.25. The third kappa shape index (κ3) is 4.10. The fourth-order valence-corrected chi connectivity index (χ4v) is 3.26. The van der Waals surface area contributed by atoms with E-state index in [1.807, 2.05) is 0 Å². The second kappa shape index (κ2) is 7.54. The normalized spacial score (nSPS) is 15.6. The van der Waals surface area contributed by atoms with Crippen LogP contribution in [0, 0.1) is 0 Å². The molecule has 1 aliphatic heterocycles. The van der Waals surface area contributed by atoms with Crippen LogP contribution in [0.4, 0.5) is 24.0 Å². The summed E-state index contributed by atoms with van der Waals surface area (Å²) in [5, 5.41) is 0.620. The van der Waals surface area contributed by atoms with Crippen molar-refractivity contribution in [3.8, 4) is 0 Å². The lowest BCUT2D eigenvalue weighted by Gasteiger charge is -2.34. The van der Waals surface area contributed by atoms with E-state index < -0.39 is 11.9 Å². The summed E-state index contributed by atoms with van der Waals surface area (Å²) < 4.78 is 47.6. The van der Waals surface area contributed by atoms with Crippen molar-refractivity contribution in [3.05, 3.63) is 29.8 Å². The van der Waals surface area contributed by atoms with Crippen molar-refractivity contribution in [1.29, 1.82) is 0 Å². The minimum absolute atomic E-state index is 0.0303. The molecule has 0 aromatic carbocycles. The molecule has 0 radical (unpaired) electrons. The molecule has 3 rings (SSSR count). The number of methoxy groups -OCH3 is 1. The first-order chi connectivity index (χ1) is 12.4. The van der Waals surface area contributed by atoms with Gasteiger partial charge in [0, 0.05) is 50.0 Å². The van der Waals surface area contributed by atoms with Crippen LogP contribution in [0.25, 0.3) is 0 Å². The molecule has 0 spiro atoms. The van der Waals surface area contributed by atoms with E-state index in [0.29, 0.717) is 30.5 Å². The molecule has 7 nitrogen and oxygen atoms in total. The predicted molar refractivity (Wildman–Crippen MR) is 89.3 cm³/mol. The van der Waals surface area contributed by atoms with Crippen LogP contribution in [0.2, 0.25) is 0 Å². The molecule has 1 saturated heterocycles. The van der Waals surface area contributed by atoms with Gasteiger partial charge in [0.05, 0.1) is 13.2 Å². The molecule has 0 aliphatic carbocycles. The smallest absolute Gasteiger partial charge is 0.384 e. The van der Waals surface area contributed by atoms with Gasteiger partial charge in [-0.15, -0.1) is 0 Å². The molecule has 0 saturated carbocycles. The van der Waals surface area contributed by atoms with Crippen LogP contribution in [0.5, 0.6) is 0 Å². The Labute approximate surface area is 151 Å². The summed E-state index contributed by atoms with van der Waals surface area (Å²) in [6.07, 6.45) is -2.91. The summed E-state index contributed by atoms with van der Waals surface area (Å²) in [5.41, 5.74) is -0.827. The van der Waals surface area contributed by atoms with Crippen molar-refractivity contribution in [2.75, 3.05) is 43.2 Å². The Bertz CT molecular complexity index is 783. The first kappa shape index (κ1) is 18.5. The van der Waals surface area contributed by atoms with E-state index >= 15 is 0 Å². The monoisotopic (exact) mass is 387 g/mol. The van der Waals surface area contributed by atoms with E-state index in [1.165, 1.54) is 22.5 Å². The first-order valence-corrected chi connectivity index (χ1v) is 8.56. The predicted octanol–water partition coefficient (Wildman–Crippen LogP) is 1.99. The summed E-state index contributed by atoms with van der Waals surface area (Å²) >= 11 is 1.19. The van der Waals surface area contributed by atoms with Crippen LogP contribution >= 0.6 is 11.5 Å². The maximum absolute atomic E-state index is 12.8. The van der Waals surface area contributed by atoms with E-state index in [4.69, 9.17) is 4.74 Å². The zero-order valence-electron chi connectivity index (χ0n) is 13.9. The van der Waals surface area contributed by atoms with Crippen molar-refractivity contribution in [1.82, 2.24) is 14.3 Å². The second-order valence-electron chi connectivity index (χ2n) is 5.60. The fraction of sp³-hybridized carbons (Fsp3) is 0.467. The molecule has 140 valence electrons. The van der Waals surface area contributed by atoms with E-state index in [-0.39, 0.29) is 24.7 Å². The number of halogens is 3. The Balaban J connectivity index is 1.69. The minimum Gasteiger partial charge on any atom is -0.384 e. The Morgan fingerprint density at radius 1 is 1.35 bits per heavy atom. The SMILES string of the molecule is COCCc1nsc(N2CCN(c3ccnc(C(F)(F)F)c3)C(=O)C2)n1. The van der Waals surface area contributed by atoms with Crippen molar-refractivity contribution in [3.63, 3.8) is 0 Å². The lowest BCUT2D eigenvalue weighted by molar-refractivity contribution is -0.141. The van der Waals surface area contributed by atoms with Gasteiger partial charge < -0.3 is 14.5 Å². The zero-order chi connectivity index (χ0) is 18.7. The first-order valence-electron chi connectivity index (χ1n) is 7.78. The number of nitrogens with zero attached hydrogens (tertiary/aromatic N) is 5. The number of rotatable bonds is 5. The van der Waals surface area contributed by atoms with Crippen molar-refractivity contribution in [2.24, 2.45) is 0 Å². The fourth-order valence-electron chi connectivity index (χ4n) is 2.52. The number of piperazine rings is 1. The third-order valence-electron chi connectivity index (χ3n) is 3.82. The topological polar surface area (TPSA) is 71.5 Å². The number of hydrogen-bond acceptors (Lipinski definition) is 7. The number of pyridine rings is 1. The molecule has 0 bridgehead atoms. The largest absolute Gasteiger partial charge is 0.433 e. The van der Waals surface area contributed by atoms with Gasteiger partial charge in [-0.05, 0) is 12.1 Å². The highest BCUT2D eigenvalue weighted by Gasteiger charge is 2.34. The van der Waals surface area contributed by atoms with E-state index in [2.05, 4.69) is 14.3 Å². The molecular weight excluding hydrogens is 371 g/mol. The number of alkyl halides is 3. The van der Waals surface area contributed by atoms with Crippen LogP contribution in [0.15, 0.2) is 18.3 Å². The van der Waals surface area contributed by atoms with Gasteiger partial charge >= 0.3 is 6.18 Å². The number of carbonyl (C=O) groups excluding carboxylic acids is 1. The van der Waals surface area contributed by atoms with Crippen LogP contribution in [0.1, 0.15) is 11.5 Å². The summed E-state index contributed by atoms with van der Waals surface area (Å²) in [6, 6.07) is 2.29. The molecule has 2 aromatic rings. The number of amides is 1. The summed E-state index contributed by atoms with van der Waals surface area (Å²) in [5.74, 6) is 0.342. The highest BCUT2D eigenvalue weighted by molar-refractivity contribution is 7.09. The Kier molecular flexibility index (Phi) is 5.37. The van der Waals surface area contributed by atoms with Gasteiger partial charge in [-0.1, -0.05) is 0 Å². The molecule has 2 aromatic heterocycles. The highest BCUT2D eigenvalue weighted by Crippen LogP contribution is 2.30. The van der Waals surface area contributed by atoms with Crippen LogP contribution in [0.3, 0.4) is 0 Å². The molecular formula is C15H16F3N5O2S. The lowest BCUT2D eigenvalue weighted by atomic mass is 10.2. The molecule has 1 aliphatic rings. The van der Waals surface area contributed by atoms with Crippen molar-refractivity contribution >= 4 is 28.3 Å². The number of carbonyl (C=O) groups is 1. The van der Waals surface area contributed by atoms with Gasteiger partial charge in [0.15, 0.2) is 0 Å². The van der Waals surface area contributed by atoms with Crippen LogP contribution < -0.4 is 9.80 Å². The molecule has 1 fully saturated rings. The zero-order valence-corrected chi connectivity index (χ0v) is 14.7. The Hall–Kier alpha value is -2.27. The van der Waals surface area contributed by atoms with Gasteiger partial charge in [-0.2, -0.15) is 17.5 Å². The van der Waals surface area contributed by atoms with Gasteiger partial charge in [0.25, 0.3) is 0 Å². The number of aromatic nitrogens is 3. The lowest BCUT2D eigenvalue weighted by Crippen LogP contribution is -2.50. The van der Waals surface area contributed by atoms with E-state index in [9.17, 15) is 18.0 Å². The van der Waals surface area contributed by atoms with Crippen LogP contribution in [-0.4, -0.2) is 53.6 Å². The minimum atomic E-state index is -4.55. The second-order valence-corrected chi connectivity index (χ2v) is 6.33. The number of ether oxygens (including phenoxy) is 1. The standard InChI is InChI=1S/C15H16F3N5O2S/c1-25-7-3-12-20-14(26-21-12)22-5-6-23(13(24)9-22)10-2-4-19-11(8-10)15(16,17)18/h2,4,8H,3,5-7,9H2,1H3. The molecule has 1 amide bonds.